The minimum atomic E-state index is -1.10. The number of carbonyl (C=O) groups is 6. The van der Waals surface area contributed by atoms with E-state index in [4.69, 9.17) is 10.5 Å². The average molecular weight is 1480 g/mol. The Kier molecular flexibility index (Phi) is 32.6. The summed E-state index contributed by atoms with van der Waals surface area (Å²) in [7, 11) is 1.59. The number of benzene rings is 6. The van der Waals surface area contributed by atoms with Gasteiger partial charge in [-0.3, -0.25) is 28.8 Å². The number of rotatable bonds is 23. The molecular weight excluding hydrogens is 1380 g/mol. The van der Waals surface area contributed by atoms with Crippen molar-refractivity contribution in [2.24, 2.45) is 11.7 Å². The Balaban J connectivity index is 0.000000260. The van der Waals surface area contributed by atoms with Gasteiger partial charge in [-0.1, -0.05) is 183 Å². The molecule has 0 radical (unpaired) electrons. The van der Waals surface area contributed by atoms with E-state index in [2.05, 4.69) is 146 Å². The van der Waals surface area contributed by atoms with Crippen LogP contribution in [0.25, 0.3) is 0 Å². The predicted octanol–water partition coefficient (Wildman–Crippen LogP) is 14.0. The molecule has 6 aromatic carbocycles. The number of imidazole rings is 4. The van der Waals surface area contributed by atoms with Gasteiger partial charge in [-0.05, 0) is 148 Å². The molecule has 2 unspecified atom stereocenters. The first-order valence-electron chi connectivity index (χ1n) is 35.2. The van der Waals surface area contributed by atoms with E-state index in [0.29, 0.717) is 31.1 Å². The summed E-state index contributed by atoms with van der Waals surface area (Å²) in [5.74, 6) is -0.444. The monoisotopic (exact) mass is 1480 g/mol. The van der Waals surface area contributed by atoms with E-state index in [-0.39, 0.29) is 71.1 Å². The molecule has 5 amide bonds. The van der Waals surface area contributed by atoms with Crippen molar-refractivity contribution in [3.63, 3.8) is 0 Å². The quantitative estimate of drug-likeness (QED) is 0.0400. The molecule has 564 valence electrons. The molecule has 1 fully saturated rings. The van der Waals surface area contributed by atoms with Crippen molar-refractivity contribution in [2.75, 3.05) is 30.8 Å². The summed E-state index contributed by atoms with van der Waals surface area (Å²) in [6.45, 7) is 25.7. The molecule has 10 aromatic rings. The molecular formula is C83H106Cl2N14O7. The van der Waals surface area contributed by atoms with Gasteiger partial charge in [0.2, 0.25) is 23.6 Å². The topological polar surface area (TPSA) is 260 Å². The molecule has 0 saturated carbocycles. The summed E-state index contributed by atoms with van der Waals surface area (Å²) in [5.41, 5.74) is 9.26. The Labute approximate surface area is 637 Å². The van der Waals surface area contributed by atoms with Crippen LogP contribution < -0.4 is 31.7 Å². The maximum absolute atomic E-state index is 13.7. The number of aromatic nitrogens is 8. The van der Waals surface area contributed by atoms with Crippen LogP contribution in [0.3, 0.4) is 0 Å². The lowest BCUT2D eigenvalue weighted by Crippen LogP contribution is -2.54. The number of nitrogens with two attached hydrogens (primary N) is 1. The van der Waals surface area contributed by atoms with Crippen molar-refractivity contribution in [1.29, 1.82) is 0 Å². The Morgan fingerprint density at radius 3 is 1.35 bits per heavy atom. The number of methoxy groups -OCH3 is 1. The fraction of sp³-hybridized carbons (Fsp3) is 0.349. The van der Waals surface area contributed by atoms with Crippen molar-refractivity contribution < 1.29 is 33.5 Å². The van der Waals surface area contributed by atoms with E-state index in [1.807, 2.05) is 171 Å². The van der Waals surface area contributed by atoms with E-state index >= 15 is 0 Å². The molecule has 5 heterocycles. The standard InChI is InChI=1S/C28H34N4O3.C24H34N6O4.2C12H14N2.C7H8.2ClH/c1-20(2)26(34)30-24(17-11-14-22-12-7-5-8-13-22)27(35)31-25-18-32(19-29-25)28(4,21(3)33)23-15-9-6-10-16-23;1-16(27-21(32)23(2,3)25)20(31)28-19-14-30(15-26-19)24(4,22(33)29-12-6-7-13-29)17-8-10-18(34-5)11-9-17;2*1-12(2,14-9-8-13-10-14)11-6-4-3-5-7-11;1-7-5-3-2-4-6-7;;/h5-10,12-13,15-16,18-20,24H,11,14,17H2,1-4H3,(H,30,34)(H,31,35);8-11,14-16H,6-7,12-13,25H2,1-5H3,(H,27,32)(H,28,31);2*3-10H,1-2H3;2-6H,1H3;2*1H/t24-,28?;16-,24?;;;;;/m11...../s1. The van der Waals surface area contributed by atoms with Crippen LogP contribution in [-0.2, 0) is 57.3 Å². The van der Waals surface area contributed by atoms with Gasteiger partial charge in [0.05, 0.1) is 49.0 Å². The van der Waals surface area contributed by atoms with Crippen molar-refractivity contribution in [2.45, 2.75) is 162 Å². The minimum Gasteiger partial charge on any atom is -0.497 e. The SMILES string of the molecule is CC(=O)C(C)(c1ccccc1)n1cnc(NC(=O)[C@@H](CCCc2ccccc2)NC(=O)C(C)C)c1.CC(C)(c1ccccc1)n1ccnc1.CC(C)(c1ccccc1)n1ccnc1.COc1ccc(C(C)(C(=O)N2CCCC2)n2cnc(NC(=O)[C@@H](C)NC(=O)C(C)(C)N)c2)cc1.Cc1ccccc1.Cl.Cl. The molecule has 0 aliphatic carbocycles. The molecule has 6 N–H and O–H groups in total. The summed E-state index contributed by atoms with van der Waals surface area (Å²) >= 11 is 0. The third-order valence-corrected chi connectivity index (χ3v) is 18.7. The Bertz CT molecular complexity index is 4200. The lowest BCUT2D eigenvalue weighted by atomic mass is 9.88. The molecule has 106 heavy (non-hydrogen) atoms. The van der Waals surface area contributed by atoms with E-state index in [1.54, 1.807) is 69.6 Å². The fourth-order valence-corrected chi connectivity index (χ4v) is 11.4. The number of anilines is 2. The second kappa shape index (κ2) is 40.1. The average Bonchev–Trinajstić information content (AvgIpc) is 1.45. The van der Waals surface area contributed by atoms with E-state index in [0.717, 1.165) is 36.8 Å². The van der Waals surface area contributed by atoms with Gasteiger partial charge in [-0.25, -0.2) is 19.9 Å². The molecule has 23 heteroatoms. The number of ketones is 1. The second-order valence-corrected chi connectivity index (χ2v) is 28.1. The molecule has 1 aliphatic heterocycles. The summed E-state index contributed by atoms with van der Waals surface area (Å²) in [6, 6.07) is 56.5. The van der Waals surface area contributed by atoms with Crippen LogP contribution in [0, 0.1) is 12.8 Å². The van der Waals surface area contributed by atoms with Crippen molar-refractivity contribution in [3.8, 4) is 5.75 Å². The summed E-state index contributed by atoms with van der Waals surface area (Å²) in [5, 5.41) is 11.0. The molecule has 4 atom stereocenters. The molecule has 1 saturated heterocycles. The number of likely N-dealkylation sites (tertiary alicyclic amines) is 1. The van der Waals surface area contributed by atoms with Crippen molar-refractivity contribution in [3.05, 3.63) is 272 Å². The normalized spacial score (nSPS) is 13.4. The fourth-order valence-electron chi connectivity index (χ4n) is 11.4. The third kappa shape index (κ3) is 23.5. The van der Waals surface area contributed by atoms with E-state index in [9.17, 15) is 28.8 Å². The highest BCUT2D eigenvalue weighted by Crippen LogP contribution is 2.34. The van der Waals surface area contributed by atoms with Gasteiger partial charge in [0, 0.05) is 56.2 Å². The highest BCUT2D eigenvalue weighted by molar-refractivity contribution is 5.98. The molecule has 0 spiro atoms. The summed E-state index contributed by atoms with van der Waals surface area (Å²) in [6.07, 6.45) is 21.6. The van der Waals surface area contributed by atoms with Gasteiger partial charge < -0.3 is 54.9 Å². The first-order valence-corrected chi connectivity index (χ1v) is 35.2. The van der Waals surface area contributed by atoms with Gasteiger partial charge in [0.1, 0.15) is 28.9 Å². The van der Waals surface area contributed by atoms with Crippen molar-refractivity contribution >= 4 is 71.8 Å². The zero-order valence-corrected chi connectivity index (χ0v) is 65.1. The van der Waals surface area contributed by atoms with Crippen LogP contribution in [-0.4, -0.2) is 116 Å². The maximum Gasteiger partial charge on any atom is 0.253 e. The van der Waals surface area contributed by atoms with E-state index in [1.165, 1.54) is 35.5 Å². The number of hydrogen-bond acceptors (Lipinski definition) is 12. The number of halogens is 2. The van der Waals surface area contributed by atoms with Gasteiger partial charge in [0.25, 0.3) is 5.91 Å². The molecule has 11 rings (SSSR count). The highest BCUT2D eigenvalue weighted by atomic mass is 35.5. The molecule has 21 nitrogen and oxygen atoms in total. The number of aryl methyl sites for hydroxylation is 2. The smallest absolute Gasteiger partial charge is 0.253 e. The number of Topliss-reactive ketones (excluding diaryl/α,β-unsaturated/α-hetero) is 1. The number of nitrogens with zero attached hydrogens (tertiary/aromatic N) is 9. The maximum atomic E-state index is 13.7. The lowest BCUT2D eigenvalue weighted by Gasteiger charge is -2.34. The van der Waals surface area contributed by atoms with Gasteiger partial charge in [0.15, 0.2) is 17.4 Å². The van der Waals surface area contributed by atoms with Gasteiger partial charge >= 0.3 is 0 Å². The van der Waals surface area contributed by atoms with Crippen LogP contribution in [0.15, 0.2) is 238 Å². The first kappa shape index (κ1) is 86.2. The largest absolute Gasteiger partial charge is 0.497 e. The number of amides is 5. The lowest BCUT2D eigenvalue weighted by molar-refractivity contribution is -0.137. The predicted molar refractivity (Wildman–Crippen MR) is 425 cm³/mol. The van der Waals surface area contributed by atoms with E-state index < -0.39 is 40.5 Å². The molecule has 0 bridgehead atoms. The zero-order valence-electron chi connectivity index (χ0n) is 63.5. The highest BCUT2D eigenvalue weighted by Gasteiger charge is 2.42. The Morgan fingerprint density at radius 1 is 0.519 bits per heavy atom. The first-order chi connectivity index (χ1) is 49.5. The second-order valence-electron chi connectivity index (χ2n) is 28.1. The summed E-state index contributed by atoms with van der Waals surface area (Å²) in [4.78, 5) is 95.1. The van der Waals surface area contributed by atoms with Crippen LogP contribution in [0.2, 0.25) is 0 Å². The Hall–Kier alpha value is -10.5. The number of carbonyl (C=O) groups excluding carboxylic acids is 6. The molecule has 4 aromatic heterocycles. The van der Waals surface area contributed by atoms with Crippen LogP contribution >= 0.6 is 24.8 Å². The van der Waals surface area contributed by atoms with Gasteiger partial charge in [-0.15, -0.1) is 24.8 Å². The summed E-state index contributed by atoms with van der Waals surface area (Å²) < 4.78 is 12.9. The Morgan fingerprint density at radius 2 is 0.943 bits per heavy atom. The van der Waals surface area contributed by atoms with Crippen molar-refractivity contribution in [1.82, 2.24) is 53.7 Å². The van der Waals surface area contributed by atoms with Crippen LogP contribution in [0.4, 0.5) is 11.6 Å². The minimum absolute atomic E-state index is 0. The molecule has 1 aliphatic rings. The van der Waals surface area contributed by atoms with Crippen LogP contribution in [0.1, 0.15) is 142 Å². The number of ether oxygens (including phenoxy) is 1. The van der Waals surface area contributed by atoms with Crippen LogP contribution in [0.5, 0.6) is 5.75 Å². The number of nitrogens with one attached hydrogen (secondary N) is 4. The number of hydrogen-bond donors (Lipinski definition) is 5. The zero-order chi connectivity index (χ0) is 75.7. The third-order valence-electron chi connectivity index (χ3n) is 18.7. The van der Waals surface area contributed by atoms with Gasteiger partial charge in [-0.2, -0.15) is 0 Å².